The first-order chi connectivity index (χ1) is 13.8. The SMILES string of the molecule is COc1ncc(-c2nc(N3CCOCC3)nc(N3CCOCC3)n2)c(OC)n1. The van der Waals surface area contributed by atoms with E-state index in [-0.39, 0.29) is 6.01 Å². The summed E-state index contributed by atoms with van der Waals surface area (Å²) in [7, 11) is 3.04. The molecule has 0 amide bonds. The van der Waals surface area contributed by atoms with Crippen molar-refractivity contribution in [3.8, 4) is 23.3 Å². The maximum Gasteiger partial charge on any atom is 0.319 e. The van der Waals surface area contributed by atoms with E-state index in [2.05, 4.69) is 29.7 Å². The lowest BCUT2D eigenvalue weighted by atomic mass is 10.3. The number of anilines is 2. The minimum atomic E-state index is 0.219. The quantitative estimate of drug-likeness (QED) is 0.690. The molecule has 0 N–H and O–H groups in total. The lowest BCUT2D eigenvalue weighted by Gasteiger charge is -2.30. The molecule has 0 spiro atoms. The molecular formula is C17H23N7O4. The molecule has 0 aliphatic carbocycles. The van der Waals surface area contributed by atoms with Crippen LogP contribution >= 0.6 is 0 Å². The van der Waals surface area contributed by atoms with Crippen LogP contribution in [0.3, 0.4) is 0 Å². The number of nitrogens with zero attached hydrogens (tertiary/aromatic N) is 7. The second-order valence-corrected chi connectivity index (χ2v) is 6.24. The molecule has 2 fully saturated rings. The lowest BCUT2D eigenvalue weighted by molar-refractivity contribution is 0.121. The van der Waals surface area contributed by atoms with Gasteiger partial charge < -0.3 is 28.7 Å². The van der Waals surface area contributed by atoms with Gasteiger partial charge in [-0.05, 0) is 0 Å². The number of hydrogen-bond acceptors (Lipinski definition) is 11. The van der Waals surface area contributed by atoms with Crippen molar-refractivity contribution in [2.24, 2.45) is 0 Å². The fraction of sp³-hybridized carbons (Fsp3) is 0.588. The van der Waals surface area contributed by atoms with Crippen molar-refractivity contribution in [2.45, 2.75) is 0 Å². The molecule has 150 valence electrons. The fourth-order valence-electron chi connectivity index (χ4n) is 3.04. The van der Waals surface area contributed by atoms with Crippen LogP contribution in [0.15, 0.2) is 6.20 Å². The Balaban J connectivity index is 1.77. The molecule has 4 heterocycles. The summed E-state index contributed by atoms with van der Waals surface area (Å²) in [5.41, 5.74) is 0.578. The Morgan fingerprint density at radius 1 is 0.786 bits per heavy atom. The minimum absolute atomic E-state index is 0.219. The monoisotopic (exact) mass is 389 g/mol. The predicted octanol–water partition coefficient (Wildman–Crippen LogP) is 0.0190. The highest BCUT2D eigenvalue weighted by molar-refractivity contribution is 5.63. The molecule has 0 bridgehead atoms. The van der Waals surface area contributed by atoms with Crippen molar-refractivity contribution < 1.29 is 18.9 Å². The van der Waals surface area contributed by atoms with Gasteiger partial charge >= 0.3 is 6.01 Å². The van der Waals surface area contributed by atoms with Gasteiger partial charge in [-0.15, -0.1) is 0 Å². The summed E-state index contributed by atoms with van der Waals surface area (Å²) in [5.74, 6) is 2.01. The van der Waals surface area contributed by atoms with Crippen molar-refractivity contribution in [3.63, 3.8) is 0 Å². The third-order valence-electron chi connectivity index (χ3n) is 4.55. The first kappa shape index (κ1) is 18.6. The molecule has 2 aliphatic rings. The zero-order valence-corrected chi connectivity index (χ0v) is 16.0. The van der Waals surface area contributed by atoms with Gasteiger partial charge in [-0.25, -0.2) is 4.98 Å². The van der Waals surface area contributed by atoms with Gasteiger partial charge in [0.15, 0.2) is 5.82 Å². The van der Waals surface area contributed by atoms with E-state index in [1.54, 1.807) is 6.20 Å². The zero-order chi connectivity index (χ0) is 19.3. The van der Waals surface area contributed by atoms with Gasteiger partial charge in [0.05, 0.1) is 40.6 Å². The molecule has 2 aromatic heterocycles. The molecule has 11 heteroatoms. The van der Waals surface area contributed by atoms with Gasteiger partial charge in [-0.2, -0.15) is 19.9 Å². The summed E-state index contributed by atoms with van der Waals surface area (Å²) in [4.78, 5) is 26.7. The number of rotatable bonds is 5. The average molecular weight is 389 g/mol. The summed E-state index contributed by atoms with van der Waals surface area (Å²) >= 11 is 0. The number of ether oxygens (including phenoxy) is 4. The molecule has 2 aromatic rings. The Kier molecular flexibility index (Phi) is 5.63. The molecule has 28 heavy (non-hydrogen) atoms. The topological polar surface area (TPSA) is 108 Å². The molecular weight excluding hydrogens is 366 g/mol. The Morgan fingerprint density at radius 2 is 1.36 bits per heavy atom. The predicted molar refractivity (Wildman–Crippen MR) is 100 cm³/mol. The molecule has 0 unspecified atom stereocenters. The summed E-state index contributed by atoms with van der Waals surface area (Å²) in [6, 6.07) is 0.219. The number of hydrogen-bond donors (Lipinski definition) is 0. The van der Waals surface area contributed by atoms with Crippen molar-refractivity contribution in [1.82, 2.24) is 24.9 Å². The van der Waals surface area contributed by atoms with Crippen molar-refractivity contribution in [2.75, 3.05) is 76.6 Å². The maximum absolute atomic E-state index is 5.45. The van der Waals surface area contributed by atoms with Gasteiger partial charge in [0.1, 0.15) is 5.56 Å². The highest BCUT2D eigenvalue weighted by atomic mass is 16.5. The lowest BCUT2D eigenvalue weighted by Crippen LogP contribution is -2.40. The second kappa shape index (κ2) is 8.48. The van der Waals surface area contributed by atoms with E-state index >= 15 is 0 Å². The van der Waals surface area contributed by atoms with Crippen LogP contribution in [0.2, 0.25) is 0 Å². The van der Waals surface area contributed by atoms with Crippen LogP contribution in [-0.2, 0) is 9.47 Å². The molecule has 2 aliphatic heterocycles. The number of morpholine rings is 2. The van der Waals surface area contributed by atoms with Crippen LogP contribution in [0.25, 0.3) is 11.4 Å². The first-order valence-corrected chi connectivity index (χ1v) is 9.15. The molecule has 4 rings (SSSR count). The Bertz CT molecular complexity index is 774. The van der Waals surface area contributed by atoms with Crippen LogP contribution in [0.1, 0.15) is 0 Å². The van der Waals surface area contributed by atoms with E-state index in [0.29, 0.717) is 55.6 Å². The molecule has 0 atom stereocenters. The Labute approximate surface area is 162 Å². The first-order valence-electron chi connectivity index (χ1n) is 9.15. The van der Waals surface area contributed by atoms with Gasteiger partial charge in [0.25, 0.3) is 0 Å². The number of aromatic nitrogens is 5. The van der Waals surface area contributed by atoms with Crippen LogP contribution in [-0.4, -0.2) is 91.7 Å². The van der Waals surface area contributed by atoms with Crippen molar-refractivity contribution >= 4 is 11.9 Å². The van der Waals surface area contributed by atoms with Crippen LogP contribution < -0.4 is 19.3 Å². The Morgan fingerprint density at radius 3 is 1.86 bits per heavy atom. The van der Waals surface area contributed by atoms with E-state index in [1.165, 1.54) is 14.2 Å². The van der Waals surface area contributed by atoms with Crippen LogP contribution in [0.4, 0.5) is 11.9 Å². The van der Waals surface area contributed by atoms with Gasteiger partial charge in [-0.1, -0.05) is 0 Å². The second-order valence-electron chi connectivity index (χ2n) is 6.24. The molecule has 2 saturated heterocycles. The van der Waals surface area contributed by atoms with E-state index in [0.717, 1.165) is 26.2 Å². The zero-order valence-electron chi connectivity index (χ0n) is 16.0. The van der Waals surface area contributed by atoms with E-state index in [1.807, 2.05) is 0 Å². The highest BCUT2D eigenvalue weighted by Crippen LogP contribution is 2.29. The average Bonchev–Trinajstić information content (AvgIpc) is 2.79. The highest BCUT2D eigenvalue weighted by Gasteiger charge is 2.23. The Hall–Kier alpha value is -2.79. The van der Waals surface area contributed by atoms with Gasteiger partial charge in [-0.3, -0.25) is 0 Å². The molecule has 0 aromatic carbocycles. The standard InChI is InChI=1S/C17H23N7O4/c1-25-14-12(11-18-17(21-14)26-2)13-19-15(23-3-7-27-8-4-23)22-16(20-13)24-5-9-28-10-6-24/h11H,3-10H2,1-2H3. The van der Waals surface area contributed by atoms with Crippen molar-refractivity contribution in [1.29, 1.82) is 0 Å². The molecule has 0 radical (unpaired) electrons. The summed E-state index contributed by atoms with van der Waals surface area (Å²) in [6.45, 7) is 5.46. The minimum Gasteiger partial charge on any atom is -0.480 e. The summed E-state index contributed by atoms with van der Waals surface area (Å²) < 4.78 is 21.4. The largest absolute Gasteiger partial charge is 0.480 e. The maximum atomic E-state index is 5.45. The molecule has 11 nitrogen and oxygen atoms in total. The van der Waals surface area contributed by atoms with Crippen LogP contribution in [0, 0.1) is 0 Å². The smallest absolute Gasteiger partial charge is 0.319 e. The van der Waals surface area contributed by atoms with Gasteiger partial charge in [0, 0.05) is 32.4 Å². The third kappa shape index (κ3) is 3.90. The van der Waals surface area contributed by atoms with Gasteiger partial charge in [0.2, 0.25) is 17.8 Å². The van der Waals surface area contributed by atoms with Crippen molar-refractivity contribution in [3.05, 3.63) is 6.20 Å². The number of methoxy groups -OCH3 is 2. The summed E-state index contributed by atoms with van der Waals surface area (Å²) in [5, 5.41) is 0. The fourth-order valence-corrected chi connectivity index (χ4v) is 3.04. The summed E-state index contributed by atoms with van der Waals surface area (Å²) in [6.07, 6.45) is 1.60. The van der Waals surface area contributed by atoms with E-state index in [4.69, 9.17) is 23.9 Å². The third-order valence-corrected chi connectivity index (χ3v) is 4.55. The normalized spacial score (nSPS) is 17.5. The van der Waals surface area contributed by atoms with E-state index < -0.39 is 0 Å². The van der Waals surface area contributed by atoms with E-state index in [9.17, 15) is 0 Å². The van der Waals surface area contributed by atoms with Crippen LogP contribution in [0.5, 0.6) is 11.9 Å². The molecule has 0 saturated carbocycles.